The zero-order valence-corrected chi connectivity index (χ0v) is 14.9. The first-order valence-electron chi connectivity index (χ1n) is 7.89. The van der Waals surface area contributed by atoms with E-state index in [4.69, 9.17) is 16.3 Å². The molecule has 0 unspecified atom stereocenters. The topological polar surface area (TPSA) is 67.4 Å². The third-order valence-corrected chi connectivity index (χ3v) is 3.73. The van der Waals surface area contributed by atoms with Gasteiger partial charge in [-0.15, -0.1) is 0 Å². The number of anilines is 1. The Morgan fingerprint density at radius 2 is 1.85 bits per heavy atom. The smallest absolute Gasteiger partial charge is 0.417 e. The minimum Gasteiger partial charge on any atom is -0.493 e. The van der Waals surface area contributed by atoms with Crippen molar-refractivity contribution in [1.82, 2.24) is 5.32 Å². The lowest BCUT2D eigenvalue weighted by Crippen LogP contribution is -2.33. The molecule has 2 N–H and O–H groups in total. The first-order chi connectivity index (χ1) is 12.7. The molecule has 2 amide bonds. The van der Waals surface area contributed by atoms with Crippen molar-refractivity contribution in [2.45, 2.75) is 13.1 Å². The van der Waals surface area contributed by atoms with Crippen LogP contribution in [0.4, 0.5) is 18.9 Å². The van der Waals surface area contributed by atoms with E-state index >= 15 is 0 Å². The summed E-state index contributed by atoms with van der Waals surface area (Å²) in [4.78, 5) is 24.1. The number of hydrogen-bond donors (Lipinski definition) is 2. The van der Waals surface area contributed by atoms with Gasteiger partial charge in [0, 0.05) is 5.69 Å². The normalized spacial score (nSPS) is 11.0. The number of carbonyl (C=O) groups is 2. The Labute approximate surface area is 158 Å². The fourth-order valence-corrected chi connectivity index (χ4v) is 2.44. The second kappa shape index (κ2) is 8.77. The van der Waals surface area contributed by atoms with Crippen molar-refractivity contribution in [3.63, 3.8) is 0 Å². The number of alkyl halides is 3. The molecule has 27 heavy (non-hydrogen) atoms. The zero-order valence-electron chi connectivity index (χ0n) is 14.2. The molecule has 0 radical (unpaired) electrons. The van der Waals surface area contributed by atoms with E-state index in [1.165, 1.54) is 12.1 Å². The molecule has 0 aliphatic rings. The summed E-state index contributed by atoms with van der Waals surface area (Å²) in [6.45, 7) is 1.70. The van der Waals surface area contributed by atoms with Crippen LogP contribution in [-0.4, -0.2) is 25.0 Å². The number of hydrogen-bond acceptors (Lipinski definition) is 3. The molecule has 2 aromatic carbocycles. The number of benzene rings is 2. The van der Waals surface area contributed by atoms with Crippen molar-refractivity contribution in [3.8, 4) is 5.75 Å². The van der Waals surface area contributed by atoms with Crippen LogP contribution in [0.15, 0.2) is 42.5 Å². The Kier molecular flexibility index (Phi) is 6.68. The van der Waals surface area contributed by atoms with Crippen molar-refractivity contribution in [1.29, 1.82) is 0 Å². The van der Waals surface area contributed by atoms with E-state index < -0.39 is 35.1 Å². The van der Waals surface area contributed by atoms with Crippen molar-refractivity contribution in [2.24, 2.45) is 0 Å². The van der Waals surface area contributed by atoms with E-state index in [0.717, 1.165) is 12.1 Å². The maximum Gasteiger partial charge on any atom is 0.417 e. The fourth-order valence-electron chi connectivity index (χ4n) is 2.22. The summed E-state index contributed by atoms with van der Waals surface area (Å²) in [5.74, 6) is -0.862. The summed E-state index contributed by atoms with van der Waals surface area (Å²) in [6.07, 6.45) is -4.64. The van der Waals surface area contributed by atoms with Gasteiger partial charge in [0.1, 0.15) is 5.75 Å². The van der Waals surface area contributed by atoms with Crippen LogP contribution in [0, 0.1) is 0 Å². The minimum atomic E-state index is -4.64. The molecule has 0 heterocycles. The number of ether oxygens (including phenoxy) is 1. The fraction of sp³-hybridized carbons (Fsp3) is 0.222. The molecule has 0 atom stereocenters. The molecule has 2 aromatic rings. The van der Waals surface area contributed by atoms with Gasteiger partial charge in [0.15, 0.2) is 0 Å². The number of nitrogens with one attached hydrogen (secondary N) is 2. The molecule has 0 bridgehead atoms. The van der Waals surface area contributed by atoms with Gasteiger partial charge in [-0.2, -0.15) is 13.2 Å². The van der Waals surface area contributed by atoms with Gasteiger partial charge in [0.25, 0.3) is 5.91 Å². The molecular weight excluding hydrogens is 385 g/mol. The van der Waals surface area contributed by atoms with Gasteiger partial charge in [-0.1, -0.05) is 23.7 Å². The molecule has 0 aliphatic carbocycles. The van der Waals surface area contributed by atoms with Gasteiger partial charge in [0.05, 0.1) is 29.3 Å². The van der Waals surface area contributed by atoms with E-state index in [-0.39, 0.29) is 11.3 Å². The highest BCUT2D eigenvalue weighted by Crippen LogP contribution is 2.36. The maximum absolute atomic E-state index is 12.8. The number of halogens is 4. The maximum atomic E-state index is 12.8. The number of para-hydroxylation sites is 1. The third kappa shape index (κ3) is 5.62. The molecule has 2 rings (SSSR count). The van der Waals surface area contributed by atoms with Gasteiger partial charge in [-0.3, -0.25) is 9.59 Å². The lowest BCUT2D eigenvalue weighted by molar-refractivity contribution is -0.137. The van der Waals surface area contributed by atoms with E-state index in [2.05, 4.69) is 10.6 Å². The highest BCUT2D eigenvalue weighted by atomic mass is 35.5. The Morgan fingerprint density at radius 1 is 1.15 bits per heavy atom. The van der Waals surface area contributed by atoms with Crippen LogP contribution in [0.1, 0.15) is 22.8 Å². The van der Waals surface area contributed by atoms with Crippen molar-refractivity contribution < 1.29 is 27.5 Å². The quantitative estimate of drug-likeness (QED) is 0.766. The van der Waals surface area contributed by atoms with Crippen LogP contribution in [0.2, 0.25) is 5.02 Å². The van der Waals surface area contributed by atoms with E-state index in [1.54, 1.807) is 25.1 Å². The Morgan fingerprint density at radius 3 is 2.52 bits per heavy atom. The Bertz CT molecular complexity index is 841. The molecule has 0 aromatic heterocycles. The summed E-state index contributed by atoms with van der Waals surface area (Å²) in [5.41, 5.74) is -0.893. The average molecular weight is 401 g/mol. The monoisotopic (exact) mass is 400 g/mol. The Hall–Kier alpha value is -2.74. The van der Waals surface area contributed by atoms with Crippen molar-refractivity contribution >= 4 is 29.1 Å². The molecule has 0 spiro atoms. The van der Waals surface area contributed by atoms with Gasteiger partial charge in [-0.25, -0.2) is 0 Å². The lowest BCUT2D eigenvalue weighted by Gasteiger charge is -2.12. The van der Waals surface area contributed by atoms with Crippen LogP contribution in [0.3, 0.4) is 0 Å². The summed E-state index contributed by atoms with van der Waals surface area (Å²) >= 11 is 5.53. The SMILES string of the molecule is CCOc1ccccc1C(=O)NCC(=O)Nc1ccc(Cl)c(C(F)(F)F)c1. The largest absolute Gasteiger partial charge is 0.493 e. The minimum absolute atomic E-state index is 0.0827. The van der Waals surface area contributed by atoms with Crippen LogP contribution in [0.25, 0.3) is 0 Å². The van der Waals surface area contributed by atoms with Gasteiger partial charge < -0.3 is 15.4 Å². The Balaban J connectivity index is 2.00. The summed E-state index contributed by atoms with van der Waals surface area (Å²) < 4.78 is 43.9. The molecule has 0 saturated carbocycles. The van der Waals surface area contributed by atoms with Gasteiger partial charge in [0.2, 0.25) is 5.91 Å². The van der Waals surface area contributed by atoms with Crippen molar-refractivity contribution in [3.05, 3.63) is 58.6 Å². The predicted octanol–water partition coefficient (Wildman–Crippen LogP) is 4.13. The highest BCUT2D eigenvalue weighted by Gasteiger charge is 2.33. The molecule has 0 saturated heterocycles. The number of amides is 2. The van der Waals surface area contributed by atoms with Gasteiger partial charge in [-0.05, 0) is 37.3 Å². The second-order valence-corrected chi connectivity index (χ2v) is 5.76. The van der Waals surface area contributed by atoms with E-state index in [9.17, 15) is 22.8 Å². The summed E-state index contributed by atoms with van der Waals surface area (Å²) in [7, 11) is 0. The lowest BCUT2D eigenvalue weighted by atomic mass is 10.2. The summed E-state index contributed by atoms with van der Waals surface area (Å²) in [6, 6.07) is 9.50. The van der Waals surface area contributed by atoms with Gasteiger partial charge >= 0.3 is 6.18 Å². The van der Waals surface area contributed by atoms with Crippen LogP contribution in [-0.2, 0) is 11.0 Å². The van der Waals surface area contributed by atoms with Crippen LogP contribution >= 0.6 is 11.6 Å². The predicted molar refractivity (Wildman–Crippen MR) is 95.0 cm³/mol. The number of rotatable bonds is 6. The van der Waals surface area contributed by atoms with Crippen LogP contribution < -0.4 is 15.4 Å². The first kappa shape index (κ1) is 20.6. The average Bonchev–Trinajstić information content (AvgIpc) is 2.61. The number of carbonyl (C=O) groups excluding carboxylic acids is 2. The molecule has 0 aliphatic heterocycles. The van der Waals surface area contributed by atoms with E-state index in [0.29, 0.717) is 12.4 Å². The molecule has 0 fully saturated rings. The molecular formula is C18H16ClF3N2O3. The third-order valence-electron chi connectivity index (χ3n) is 3.40. The summed E-state index contributed by atoms with van der Waals surface area (Å²) in [5, 5.41) is 4.21. The molecule has 9 heteroatoms. The standard InChI is InChI=1S/C18H16ClF3N2O3/c1-2-27-15-6-4-3-5-12(15)17(26)23-10-16(25)24-11-7-8-14(19)13(9-11)18(20,21)22/h3-9H,2,10H2,1H3,(H,23,26)(H,24,25). The second-order valence-electron chi connectivity index (χ2n) is 5.35. The van der Waals surface area contributed by atoms with Crippen molar-refractivity contribution in [2.75, 3.05) is 18.5 Å². The molecule has 144 valence electrons. The van der Waals surface area contributed by atoms with Crippen LogP contribution in [0.5, 0.6) is 5.75 Å². The zero-order chi connectivity index (χ0) is 20.0. The first-order valence-corrected chi connectivity index (χ1v) is 8.26. The highest BCUT2D eigenvalue weighted by molar-refractivity contribution is 6.31. The van der Waals surface area contributed by atoms with E-state index in [1.807, 2.05) is 0 Å². The molecule has 5 nitrogen and oxygen atoms in total.